The molecule has 0 amide bonds. The number of benzene rings is 1. The Labute approximate surface area is 214 Å². The van der Waals surface area contributed by atoms with Crippen molar-refractivity contribution in [2.45, 2.75) is 31.2 Å². The fraction of sp³-hybridized carbons (Fsp3) is 0.357. The second-order valence-corrected chi connectivity index (χ2v) is 9.83. The SMILES string of the molecule is C[C@@H]1COCCN1c1cc(C2(C#N)CCN(c3ccc(F)cc3)CC2)c2ccnc(-c3ccn[nH]3)c2n1. The highest BCUT2D eigenvalue weighted by molar-refractivity contribution is 5.94. The zero-order valence-corrected chi connectivity index (χ0v) is 20.7. The normalized spacial score (nSPS) is 19.6. The van der Waals surface area contributed by atoms with Gasteiger partial charge >= 0.3 is 0 Å². The monoisotopic (exact) mass is 497 g/mol. The topological polar surface area (TPSA) is 94.0 Å². The maximum atomic E-state index is 13.5. The van der Waals surface area contributed by atoms with Crippen molar-refractivity contribution in [1.82, 2.24) is 20.2 Å². The van der Waals surface area contributed by atoms with Crippen molar-refractivity contribution >= 4 is 22.4 Å². The van der Waals surface area contributed by atoms with Gasteiger partial charge in [0.05, 0.1) is 36.4 Å². The summed E-state index contributed by atoms with van der Waals surface area (Å²) in [7, 11) is 0. The number of nitrogens with one attached hydrogen (secondary N) is 1. The Morgan fingerprint density at radius 1 is 1.11 bits per heavy atom. The number of aromatic nitrogens is 4. The number of hydrogen-bond acceptors (Lipinski definition) is 7. The van der Waals surface area contributed by atoms with Crippen LogP contribution >= 0.6 is 0 Å². The summed E-state index contributed by atoms with van der Waals surface area (Å²) in [6.07, 6.45) is 4.78. The Hall–Kier alpha value is -4.03. The number of H-pyrrole nitrogens is 1. The Morgan fingerprint density at radius 3 is 2.62 bits per heavy atom. The van der Waals surface area contributed by atoms with Crippen LogP contribution in [0.1, 0.15) is 25.3 Å². The third kappa shape index (κ3) is 4.17. The third-order valence-electron chi connectivity index (χ3n) is 7.67. The molecule has 0 unspecified atom stereocenters. The molecule has 37 heavy (non-hydrogen) atoms. The van der Waals surface area contributed by atoms with Crippen molar-refractivity contribution in [2.24, 2.45) is 0 Å². The summed E-state index contributed by atoms with van der Waals surface area (Å²) in [5.74, 6) is 0.588. The number of morpholine rings is 1. The molecule has 1 atom stereocenters. The number of anilines is 2. The van der Waals surface area contributed by atoms with Crippen molar-refractivity contribution in [3.63, 3.8) is 0 Å². The highest BCUT2D eigenvalue weighted by atomic mass is 19.1. The minimum absolute atomic E-state index is 0.164. The van der Waals surface area contributed by atoms with E-state index in [1.807, 2.05) is 12.1 Å². The van der Waals surface area contributed by atoms with Gasteiger partial charge in [0.2, 0.25) is 0 Å². The Balaban J connectivity index is 1.46. The fourth-order valence-electron chi connectivity index (χ4n) is 5.57. The Kier molecular flexibility index (Phi) is 5.97. The minimum Gasteiger partial charge on any atom is -0.377 e. The summed E-state index contributed by atoms with van der Waals surface area (Å²) < 4.78 is 19.1. The molecule has 2 saturated heterocycles. The summed E-state index contributed by atoms with van der Waals surface area (Å²) >= 11 is 0. The third-order valence-corrected chi connectivity index (χ3v) is 7.67. The second-order valence-electron chi connectivity index (χ2n) is 9.83. The van der Waals surface area contributed by atoms with E-state index in [2.05, 4.69) is 44.0 Å². The molecule has 2 aliphatic heterocycles. The lowest BCUT2D eigenvalue weighted by Crippen LogP contribution is -2.45. The van der Waals surface area contributed by atoms with E-state index in [9.17, 15) is 9.65 Å². The van der Waals surface area contributed by atoms with Crippen molar-refractivity contribution in [2.75, 3.05) is 42.6 Å². The number of piperidine rings is 1. The van der Waals surface area contributed by atoms with Crippen molar-refractivity contribution in [3.8, 4) is 17.5 Å². The molecular weight excluding hydrogens is 469 g/mol. The van der Waals surface area contributed by atoms with Gasteiger partial charge in [-0.3, -0.25) is 10.1 Å². The van der Waals surface area contributed by atoms with Crippen LogP contribution in [0.4, 0.5) is 15.9 Å². The predicted molar refractivity (Wildman–Crippen MR) is 140 cm³/mol. The maximum absolute atomic E-state index is 13.5. The number of ether oxygens (including phenoxy) is 1. The van der Waals surface area contributed by atoms with E-state index >= 15 is 0 Å². The molecule has 6 rings (SSSR count). The number of aromatic amines is 1. The average molecular weight is 498 g/mol. The summed E-state index contributed by atoms with van der Waals surface area (Å²) in [5.41, 5.74) is 3.53. The van der Waals surface area contributed by atoms with Gasteiger partial charge in [-0.15, -0.1) is 0 Å². The lowest BCUT2D eigenvalue weighted by atomic mass is 9.72. The summed E-state index contributed by atoms with van der Waals surface area (Å²) in [5, 5.41) is 18.7. The second kappa shape index (κ2) is 9.45. The van der Waals surface area contributed by atoms with Crippen LogP contribution in [0.2, 0.25) is 0 Å². The quantitative estimate of drug-likeness (QED) is 0.445. The molecule has 0 aliphatic carbocycles. The molecule has 9 heteroatoms. The first-order valence-corrected chi connectivity index (χ1v) is 12.6. The first-order chi connectivity index (χ1) is 18.1. The number of nitriles is 1. The molecule has 1 N–H and O–H groups in total. The van der Waals surface area contributed by atoms with E-state index in [1.54, 1.807) is 24.5 Å². The highest BCUT2D eigenvalue weighted by Crippen LogP contribution is 2.42. The van der Waals surface area contributed by atoms with Gasteiger partial charge in [0.25, 0.3) is 0 Å². The van der Waals surface area contributed by atoms with Gasteiger partial charge in [-0.05, 0) is 67.8 Å². The fourth-order valence-corrected chi connectivity index (χ4v) is 5.57. The Bertz CT molecular complexity index is 1440. The van der Waals surface area contributed by atoms with Crippen molar-refractivity contribution in [1.29, 1.82) is 5.26 Å². The van der Waals surface area contributed by atoms with E-state index < -0.39 is 5.41 Å². The zero-order chi connectivity index (χ0) is 25.4. The molecule has 5 heterocycles. The standard InChI is InChI=1S/C28H28FN7O/c1-19-17-37-15-14-36(19)25-16-23(22-6-10-31-27(26(22)33-25)24-7-11-32-34-24)28(18-30)8-12-35(13-9-28)21-4-2-20(29)3-5-21/h2-7,10-11,16,19H,8-9,12-15,17H2,1H3,(H,32,34)/t19-/m1/s1. The van der Waals surface area contributed by atoms with Gasteiger partial charge in [0.1, 0.15) is 22.8 Å². The van der Waals surface area contributed by atoms with Gasteiger partial charge in [-0.25, -0.2) is 9.37 Å². The van der Waals surface area contributed by atoms with E-state index in [-0.39, 0.29) is 11.9 Å². The maximum Gasteiger partial charge on any atom is 0.130 e. The smallest absolute Gasteiger partial charge is 0.130 e. The number of pyridine rings is 2. The first kappa shape index (κ1) is 23.4. The molecule has 3 aromatic heterocycles. The van der Waals surface area contributed by atoms with Crippen LogP contribution < -0.4 is 9.80 Å². The van der Waals surface area contributed by atoms with Crippen molar-refractivity contribution < 1.29 is 9.13 Å². The van der Waals surface area contributed by atoms with Gasteiger partial charge in [0.15, 0.2) is 0 Å². The molecule has 4 aromatic rings. The highest BCUT2D eigenvalue weighted by Gasteiger charge is 2.39. The molecule has 0 spiro atoms. The molecule has 2 aliphatic rings. The van der Waals surface area contributed by atoms with Crippen LogP contribution in [0.5, 0.6) is 0 Å². The molecular formula is C28H28FN7O. The van der Waals surface area contributed by atoms with Crippen LogP contribution in [0.3, 0.4) is 0 Å². The van der Waals surface area contributed by atoms with Gasteiger partial charge in [-0.1, -0.05) is 0 Å². The van der Waals surface area contributed by atoms with Gasteiger partial charge < -0.3 is 14.5 Å². The zero-order valence-electron chi connectivity index (χ0n) is 20.7. The minimum atomic E-state index is -0.686. The number of nitrogens with zero attached hydrogens (tertiary/aromatic N) is 6. The van der Waals surface area contributed by atoms with Crippen LogP contribution in [0.25, 0.3) is 22.3 Å². The molecule has 0 saturated carbocycles. The molecule has 2 fully saturated rings. The van der Waals surface area contributed by atoms with Gasteiger partial charge in [-0.2, -0.15) is 10.4 Å². The van der Waals surface area contributed by atoms with Crippen LogP contribution in [-0.4, -0.2) is 59.1 Å². The molecule has 0 radical (unpaired) electrons. The van der Waals surface area contributed by atoms with Crippen LogP contribution in [0.15, 0.2) is 54.9 Å². The molecule has 1 aromatic carbocycles. The lowest BCUT2D eigenvalue weighted by molar-refractivity contribution is 0.0985. The van der Waals surface area contributed by atoms with Crippen LogP contribution in [-0.2, 0) is 10.2 Å². The summed E-state index contributed by atoms with van der Waals surface area (Å²) in [4.78, 5) is 14.2. The number of fused-ring (bicyclic) bond motifs is 1. The average Bonchev–Trinajstić information content (AvgIpc) is 3.48. The van der Waals surface area contributed by atoms with E-state index in [1.165, 1.54) is 12.1 Å². The molecule has 188 valence electrons. The number of hydrogen-bond donors (Lipinski definition) is 1. The van der Waals surface area contributed by atoms with Gasteiger partial charge in [0, 0.05) is 43.1 Å². The molecule has 0 bridgehead atoms. The molecule has 8 nitrogen and oxygen atoms in total. The first-order valence-electron chi connectivity index (χ1n) is 12.6. The Morgan fingerprint density at radius 2 is 1.92 bits per heavy atom. The lowest BCUT2D eigenvalue weighted by Gasteiger charge is -2.40. The summed E-state index contributed by atoms with van der Waals surface area (Å²) in [6, 6.07) is 15.4. The number of rotatable bonds is 4. The largest absolute Gasteiger partial charge is 0.377 e. The van der Waals surface area contributed by atoms with Crippen molar-refractivity contribution in [3.05, 3.63) is 66.2 Å². The van der Waals surface area contributed by atoms with E-state index in [0.717, 1.165) is 45.9 Å². The van der Waals surface area contributed by atoms with E-state index in [0.29, 0.717) is 39.1 Å². The van der Waals surface area contributed by atoms with E-state index in [4.69, 9.17) is 9.72 Å². The number of halogens is 1. The summed E-state index contributed by atoms with van der Waals surface area (Å²) in [6.45, 7) is 5.53. The predicted octanol–water partition coefficient (Wildman–Crippen LogP) is 4.45. The van der Waals surface area contributed by atoms with Crippen LogP contribution in [0, 0.1) is 17.1 Å².